The number of aryl methyl sites for hydroxylation is 3. The minimum atomic E-state index is -3.39. The molecule has 3 aromatic rings. The van der Waals surface area contributed by atoms with E-state index < -0.39 is 10.0 Å². The monoisotopic (exact) mass is 384 g/mol. The van der Waals surface area contributed by atoms with E-state index in [1.807, 2.05) is 69.3 Å². The largest absolute Gasteiger partial charge is 0.441 e. The lowest BCUT2D eigenvalue weighted by atomic mass is 10.1. The summed E-state index contributed by atoms with van der Waals surface area (Å²) in [5.74, 6) is 1.24. The maximum absolute atomic E-state index is 12.3. The second-order valence-electron chi connectivity index (χ2n) is 6.78. The van der Waals surface area contributed by atoms with Crippen molar-refractivity contribution in [2.75, 3.05) is 6.54 Å². The first-order valence-electron chi connectivity index (χ1n) is 8.88. The van der Waals surface area contributed by atoms with Crippen LogP contribution < -0.4 is 4.72 Å². The summed E-state index contributed by atoms with van der Waals surface area (Å²) in [6.07, 6.45) is 0.480. The number of hydrogen-bond donors (Lipinski definition) is 1. The van der Waals surface area contributed by atoms with Crippen molar-refractivity contribution in [1.29, 1.82) is 0 Å². The number of nitrogens with one attached hydrogen (secondary N) is 1. The molecule has 142 valence electrons. The summed E-state index contributed by atoms with van der Waals surface area (Å²) >= 11 is 0. The lowest BCUT2D eigenvalue weighted by molar-refractivity contribution is 0.538. The number of oxazole rings is 1. The Kier molecular flexibility index (Phi) is 5.77. The van der Waals surface area contributed by atoms with E-state index in [4.69, 9.17) is 4.42 Å². The van der Waals surface area contributed by atoms with Crippen LogP contribution in [0.15, 0.2) is 52.9 Å². The number of aromatic nitrogens is 1. The number of rotatable bonds is 7. The van der Waals surface area contributed by atoms with Gasteiger partial charge in [-0.15, -0.1) is 0 Å². The van der Waals surface area contributed by atoms with E-state index in [1.54, 1.807) is 0 Å². The first kappa shape index (κ1) is 19.3. The molecule has 6 heteroatoms. The van der Waals surface area contributed by atoms with Gasteiger partial charge in [-0.2, -0.15) is 0 Å². The van der Waals surface area contributed by atoms with Crippen molar-refractivity contribution in [3.8, 4) is 11.5 Å². The quantitative estimate of drug-likeness (QED) is 0.670. The molecule has 0 atom stereocenters. The Morgan fingerprint density at radius 2 is 1.52 bits per heavy atom. The van der Waals surface area contributed by atoms with E-state index in [1.165, 1.54) is 5.56 Å². The highest BCUT2D eigenvalue weighted by Gasteiger charge is 2.14. The van der Waals surface area contributed by atoms with Crippen LogP contribution in [-0.4, -0.2) is 19.9 Å². The van der Waals surface area contributed by atoms with Crippen LogP contribution in [0, 0.1) is 20.8 Å². The van der Waals surface area contributed by atoms with Gasteiger partial charge in [-0.05, 0) is 38.5 Å². The summed E-state index contributed by atoms with van der Waals surface area (Å²) in [4.78, 5) is 4.52. The van der Waals surface area contributed by atoms with Gasteiger partial charge in [0.15, 0.2) is 0 Å². The first-order valence-corrected chi connectivity index (χ1v) is 10.5. The van der Waals surface area contributed by atoms with Gasteiger partial charge in [-0.3, -0.25) is 0 Å². The molecule has 3 rings (SSSR count). The van der Waals surface area contributed by atoms with Gasteiger partial charge in [0.2, 0.25) is 15.9 Å². The van der Waals surface area contributed by atoms with Gasteiger partial charge in [-0.25, -0.2) is 18.1 Å². The van der Waals surface area contributed by atoms with Gasteiger partial charge < -0.3 is 4.42 Å². The topological polar surface area (TPSA) is 72.2 Å². The third-order valence-corrected chi connectivity index (χ3v) is 5.71. The SMILES string of the molecule is Cc1ccc(CS(=O)(=O)NCCc2nc(-c3ccc(C)cc3)oc2C)cc1. The number of benzene rings is 2. The lowest BCUT2D eigenvalue weighted by Gasteiger charge is -2.06. The summed E-state index contributed by atoms with van der Waals surface area (Å²) in [6, 6.07) is 15.5. The fourth-order valence-corrected chi connectivity index (χ4v) is 3.91. The standard InChI is InChI=1S/C21H24N2O3S/c1-15-4-8-18(9-5-15)14-27(24,25)22-13-12-20-17(3)26-21(23-20)19-10-6-16(2)7-11-19/h4-11,22H,12-14H2,1-3H3. The summed E-state index contributed by atoms with van der Waals surface area (Å²) in [5.41, 5.74) is 4.73. The molecule has 0 fully saturated rings. The molecule has 0 unspecified atom stereocenters. The van der Waals surface area contributed by atoms with Crippen molar-refractivity contribution in [1.82, 2.24) is 9.71 Å². The zero-order valence-electron chi connectivity index (χ0n) is 15.8. The van der Waals surface area contributed by atoms with Crippen LogP contribution in [0.4, 0.5) is 0 Å². The maximum atomic E-state index is 12.3. The highest BCUT2D eigenvalue weighted by Crippen LogP contribution is 2.22. The molecule has 27 heavy (non-hydrogen) atoms. The Morgan fingerprint density at radius 3 is 2.15 bits per heavy atom. The maximum Gasteiger partial charge on any atom is 0.226 e. The molecule has 0 saturated heterocycles. The third kappa shape index (κ3) is 5.28. The molecule has 0 aliphatic rings. The van der Waals surface area contributed by atoms with Gasteiger partial charge >= 0.3 is 0 Å². The van der Waals surface area contributed by atoms with E-state index in [9.17, 15) is 8.42 Å². The van der Waals surface area contributed by atoms with Crippen molar-refractivity contribution >= 4 is 10.0 Å². The molecule has 2 aromatic carbocycles. The van der Waals surface area contributed by atoms with Crippen molar-refractivity contribution < 1.29 is 12.8 Å². The molecule has 0 bridgehead atoms. The minimum absolute atomic E-state index is 0.0281. The normalized spacial score (nSPS) is 11.7. The van der Waals surface area contributed by atoms with Crippen LogP contribution >= 0.6 is 0 Å². The Labute approximate surface area is 160 Å². The molecule has 0 radical (unpaired) electrons. The van der Waals surface area contributed by atoms with Gasteiger partial charge in [-0.1, -0.05) is 47.5 Å². The molecule has 1 heterocycles. The highest BCUT2D eigenvalue weighted by molar-refractivity contribution is 7.88. The minimum Gasteiger partial charge on any atom is -0.441 e. The summed E-state index contributed by atoms with van der Waals surface area (Å²) in [7, 11) is -3.39. The van der Waals surface area contributed by atoms with Crippen molar-refractivity contribution in [2.45, 2.75) is 32.9 Å². The third-order valence-electron chi connectivity index (χ3n) is 4.35. The van der Waals surface area contributed by atoms with Crippen LogP contribution in [-0.2, 0) is 22.2 Å². The molecular formula is C21H24N2O3S. The smallest absolute Gasteiger partial charge is 0.226 e. The zero-order chi connectivity index (χ0) is 19.4. The number of sulfonamides is 1. The predicted octanol–water partition coefficient (Wildman–Crippen LogP) is 3.93. The Morgan fingerprint density at radius 1 is 0.926 bits per heavy atom. The van der Waals surface area contributed by atoms with E-state index >= 15 is 0 Å². The van der Waals surface area contributed by atoms with Crippen LogP contribution in [0.25, 0.3) is 11.5 Å². The molecule has 1 aromatic heterocycles. The summed E-state index contributed by atoms with van der Waals surface area (Å²) in [5, 5.41) is 0. The predicted molar refractivity (Wildman–Crippen MR) is 107 cm³/mol. The van der Waals surface area contributed by atoms with Crippen LogP contribution in [0.5, 0.6) is 0 Å². The highest BCUT2D eigenvalue weighted by atomic mass is 32.2. The fourth-order valence-electron chi connectivity index (χ4n) is 2.76. The van der Waals surface area contributed by atoms with Gasteiger partial charge in [0.05, 0.1) is 11.4 Å². The molecule has 0 aliphatic carbocycles. The number of hydrogen-bond acceptors (Lipinski definition) is 4. The van der Waals surface area contributed by atoms with E-state index in [2.05, 4.69) is 9.71 Å². The molecule has 5 nitrogen and oxygen atoms in total. The second-order valence-corrected chi connectivity index (χ2v) is 8.58. The van der Waals surface area contributed by atoms with Crippen molar-refractivity contribution in [2.24, 2.45) is 0 Å². The van der Waals surface area contributed by atoms with E-state index in [0.29, 0.717) is 18.1 Å². The number of nitrogens with zero attached hydrogens (tertiary/aromatic N) is 1. The van der Waals surface area contributed by atoms with Gasteiger partial charge in [0.25, 0.3) is 0 Å². The van der Waals surface area contributed by atoms with Crippen molar-refractivity contribution in [3.05, 3.63) is 76.7 Å². The molecular weight excluding hydrogens is 360 g/mol. The Balaban J connectivity index is 1.60. The second kappa shape index (κ2) is 8.06. The average molecular weight is 385 g/mol. The lowest BCUT2D eigenvalue weighted by Crippen LogP contribution is -2.27. The molecule has 0 spiro atoms. The Bertz CT molecular complexity index is 1000. The first-order chi connectivity index (χ1) is 12.8. The summed E-state index contributed by atoms with van der Waals surface area (Å²) < 4.78 is 32.9. The average Bonchev–Trinajstić information content (AvgIpc) is 2.98. The van der Waals surface area contributed by atoms with Crippen LogP contribution in [0.1, 0.15) is 28.1 Å². The molecule has 0 saturated carbocycles. The van der Waals surface area contributed by atoms with Crippen LogP contribution in [0.2, 0.25) is 0 Å². The van der Waals surface area contributed by atoms with E-state index in [-0.39, 0.29) is 12.3 Å². The van der Waals surface area contributed by atoms with Gasteiger partial charge in [0.1, 0.15) is 5.76 Å². The Hall–Kier alpha value is -2.44. The molecule has 0 aliphatic heterocycles. The molecule has 0 amide bonds. The van der Waals surface area contributed by atoms with Crippen molar-refractivity contribution in [3.63, 3.8) is 0 Å². The molecule has 1 N–H and O–H groups in total. The van der Waals surface area contributed by atoms with Crippen LogP contribution in [0.3, 0.4) is 0 Å². The zero-order valence-corrected chi connectivity index (χ0v) is 16.6. The fraction of sp³-hybridized carbons (Fsp3) is 0.286. The van der Waals surface area contributed by atoms with Gasteiger partial charge in [0, 0.05) is 18.5 Å². The summed E-state index contributed by atoms with van der Waals surface area (Å²) in [6.45, 7) is 6.14. The van der Waals surface area contributed by atoms with E-state index in [0.717, 1.165) is 22.4 Å².